The van der Waals surface area contributed by atoms with Crippen LogP contribution in [0.15, 0.2) is 42.5 Å². The van der Waals surface area contributed by atoms with Crippen LogP contribution in [-0.4, -0.2) is 24.9 Å². The fourth-order valence-electron chi connectivity index (χ4n) is 2.39. The van der Waals surface area contributed by atoms with Gasteiger partial charge in [-0.2, -0.15) is 0 Å². The molecule has 0 aromatic heterocycles. The van der Waals surface area contributed by atoms with E-state index in [0.717, 1.165) is 16.8 Å². The molecule has 2 N–H and O–H groups in total. The molecule has 0 aliphatic rings. The molecule has 0 amide bonds. The van der Waals surface area contributed by atoms with Gasteiger partial charge in [-0.15, -0.1) is 0 Å². The van der Waals surface area contributed by atoms with Crippen LogP contribution in [0.5, 0.6) is 5.75 Å². The molecule has 0 saturated heterocycles. The highest BCUT2D eigenvalue weighted by Crippen LogP contribution is 2.35. The first kappa shape index (κ1) is 18.6. The minimum absolute atomic E-state index is 0.0313. The van der Waals surface area contributed by atoms with Crippen molar-refractivity contribution in [2.75, 3.05) is 25.1 Å². The van der Waals surface area contributed by atoms with E-state index in [4.69, 9.17) is 21.1 Å². The van der Waals surface area contributed by atoms with Gasteiger partial charge in [0.15, 0.2) is 5.75 Å². The van der Waals surface area contributed by atoms with Crippen LogP contribution < -0.4 is 10.1 Å². The highest BCUT2D eigenvalue weighted by atomic mass is 35.5. The van der Waals surface area contributed by atoms with Crippen molar-refractivity contribution < 1.29 is 14.6 Å². The normalized spacial score (nSPS) is 12.0. The maximum atomic E-state index is 9.29. The zero-order valence-corrected chi connectivity index (χ0v) is 14.8. The number of nitrogens with one attached hydrogen (secondary N) is 1. The van der Waals surface area contributed by atoms with Crippen LogP contribution in [-0.2, 0) is 11.3 Å². The number of aliphatic hydroxyl groups is 1. The van der Waals surface area contributed by atoms with Gasteiger partial charge in [-0.25, -0.2) is 0 Å². The molecule has 0 heterocycles. The summed E-state index contributed by atoms with van der Waals surface area (Å²) in [6.07, 6.45) is 0. The van der Waals surface area contributed by atoms with E-state index in [9.17, 15) is 5.11 Å². The molecule has 1 unspecified atom stereocenters. The summed E-state index contributed by atoms with van der Waals surface area (Å²) in [7, 11) is 0. The lowest BCUT2D eigenvalue weighted by Crippen LogP contribution is -2.11. The van der Waals surface area contributed by atoms with Crippen molar-refractivity contribution in [1.29, 1.82) is 0 Å². The fourth-order valence-corrected chi connectivity index (χ4v) is 2.62. The SMILES string of the molecule is CCOCCOc1c(Cl)cccc1NC(C)c1cccc(CO)c1. The molecule has 0 aliphatic heterocycles. The Bertz CT molecular complexity index is 648. The predicted molar refractivity (Wildman–Crippen MR) is 97.8 cm³/mol. The first-order valence-corrected chi connectivity index (χ1v) is 8.48. The smallest absolute Gasteiger partial charge is 0.161 e. The van der Waals surface area contributed by atoms with Gasteiger partial charge >= 0.3 is 0 Å². The first-order valence-electron chi connectivity index (χ1n) is 8.11. The summed E-state index contributed by atoms with van der Waals surface area (Å²) < 4.78 is 11.1. The molecule has 2 rings (SSSR count). The molecule has 1 atom stereocenters. The summed E-state index contributed by atoms with van der Waals surface area (Å²) >= 11 is 6.28. The molecule has 4 nitrogen and oxygen atoms in total. The Balaban J connectivity index is 2.11. The minimum Gasteiger partial charge on any atom is -0.487 e. The van der Waals surface area contributed by atoms with Gasteiger partial charge in [0.05, 0.1) is 23.9 Å². The average molecular weight is 350 g/mol. The minimum atomic E-state index is 0.0313. The lowest BCUT2D eigenvalue weighted by Gasteiger charge is -2.20. The second-order valence-electron chi connectivity index (χ2n) is 5.43. The van der Waals surface area contributed by atoms with E-state index >= 15 is 0 Å². The van der Waals surface area contributed by atoms with Crippen molar-refractivity contribution in [3.8, 4) is 5.75 Å². The predicted octanol–water partition coefficient (Wildman–Crippen LogP) is 4.42. The van der Waals surface area contributed by atoms with Crippen LogP contribution >= 0.6 is 11.6 Å². The lowest BCUT2D eigenvalue weighted by molar-refractivity contribution is 0.110. The third kappa shape index (κ3) is 5.13. The molecule has 0 radical (unpaired) electrons. The van der Waals surface area contributed by atoms with E-state index in [2.05, 4.69) is 12.2 Å². The second kappa shape index (κ2) is 9.52. The summed E-state index contributed by atoms with van der Waals surface area (Å²) in [5, 5.41) is 13.3. The van der Waals surface area contributed by atoms with Crippen molar-refractivity contribution >= 4 is 17.3 Å². The zero-order valence-electron chi connectivity index (χ0n) is 14.1. The summed E-state index contributed by atoms with van der Waals surface area (Å²) in [6, 6.07) is 13.5. The molecule has 5 heteroatoms. The maximum absolute atomic E-state index is 9.29. The van der Waals surface area contributed by atoms with Crippen LogP contribution in [0.3, 0.4) is 0 Å². The largest absolute Gasteiger partial charge is 0.487 e. The Morgan fingerprint density at radius 3 is 2.71 bits per heavy atom. The van der Waals surface area contributed by atoms with Crippen molar-refractivity contribution in [3.05, 3.63) is 58.6 Å². The topological polar surface area (TPSA) is 50.7 Å². The van der Waals surface area contributed by atoms with E-state index in [-0.39, 0.29) is 12.6 Å². The molecule has 130 valence electrons. The van der Waals surface area contributed by atoms with Crippen molar-refractivity contribution in [1.82, 2.24) is 0 Å². The molecule has 0 fully saturated rings. The Morgan fingerprint density at radius 1 is 1.17 bits per heavy atom. The number of para-hydroxylation sites is 1. The van der Waals surface area contributed by atoms with Crippen LogP contribution in [0.4, 0.5) is 5.69 Å². The third-order valence-corrected chi connectivity index (χ3v) is 3.95. The van der Waals surface area contributed by atoms with Gasteiger partial charge in [0.1, 0.15) is 6.61 Å². The third-order valence-electron chi connectivity index (χ3n) is 3.65. The number of anilines is 1. The zero-order chi connectivity index (χ0) is 17.4. The summed E-state index contributed by atoms with van der Waals surface area (Å²) in [4.78, 5) is 0. The Morgan fingerprint density at radius 2 is 1.96 bits per heavy atom. The number of halogens is 1. The average Bonchev–Trinajstić information content (AvgIpc) is 2.60. The van der Waals surface area contributed by atoms with E-state index in [1.807, 2.05) is 43.3 Å². The summed E-state index contributed by atoms with van der Waals surface area (Å²) in [5.74, 6) is 0.629. The Hall–Kier alpha value is -1.75. The van der Waals surface area contributed by atoms with Crippen LogP contribution in [0, 0.1) is 0 Å². The highest BCUT2D eigenvalue weighted by Gasteiger charge is 2.12. The lowest BCUT2D eigenvalue weighted by atomic mass is 10.1. The van der Waals surface area contributed by atoms with Gasteiger partial charge in [-0.05, 0) is 37.1 Å². The fraction of sp³-hybridized carbons (Fsp3) is 0.368. The van der Waals surface area contributed by atoms with E-state index in [0.29, 0.717) is 30.6 Å². The maximum Gasteiger partial charge on any atom is 0.161 e. The van der Waals surface area contributed by atoms with Gasteiger partial charge in [-0.1, -0.05) is 41.9 Å². The molecule has 2 aromatic carbocycles. The molecular formula is C19H24ClNO3. The Kier molecular flexibility index (Phi) is 7.37. The van der Waals surface area contributed by atoms with Gasteiger partial charge < -0.3 is 19.9 Å². The van der Waals surface area contributed by atoms with Gasteiger partial charge in [0.2, 0.25) is 0 Å². The van der Waals surface area contributed by atoms with Crippen molar-refractivity contribution in [3.63, 3.8) is 0 Å². The highest BCUT2D eigenvalue weighted by molar-refractivity contribution is 6.32. The first-order chi connectivity index (χ1) is 11.7. The monoisotopic (exact) mass is 349 g/mol. The van der Waals surface area contributed by atoms with E-state index < -0.39 is 0 Å². The molecule has 0 saturated carbocycles. The number of hydrogen-bond donors (Lipinski definition) is 2. The summed E-state index contributed by atoms with van der Waals surface area (Å²) in [5.41, 5.74) is 2.81. The van der Waals surface area contributed by atoms with E-state index in [1.54, 1.807) is 6.07 Å². The molecule has 0 aliphatic carbocycles. The van der Waals surface area contributed by atoms with Gasteiger partial charge in [-0.3, -0.25) is 0 Å². The molecular weight excluding hydrogens is 326 g/mol. The number of rotatable bonds is 9. The number of aliphatic hydroxyl groups excluding tert-OH is 1. The second-order valence-corrected chi connectivity index (χ2v) is 5.84. The van der Waals surface area contributed by atoms with Gasteiger partial charge in [0, 0.05) is 12.6 Å². The molecule has 24 heavy (non-hydrogen) atoms. The number of hydrogen-bond acceptors (Lipinski definition) is 4. The van der Waals surface area contributed by atoms with Crippen molar-refractivity contribution in [2.45, 2.75) is 26.5 Å². The standard InChI is InChI=1S/C19H24ClNO3/c1-3-23-10-11-24-19-17(20)8-5-9-18(19)21-14(2)16-7-4-6-15(12-16)13-22/h4-9,12,14,21-22H,3,10-11,13H2,1-2H3. The molecule has 2 aromatic rings. The number of ether oxygens (including phenoxy) is 2. The van der Waals surface area contributed by atoms with Crippen LogP contribution in [0.1, 0.15) is 31.0 Å². The van der Waals surface area contributed by atoms with Crippen molar-refractivity contribution in [2.24, 2.45) is 0 Å². The van der Waals surface area contributed by atoms with Crippen LogP contribution in [0.2, 0.25) is 5.02 Å². The Labute approximate surface area is 148 Å². The van der Waals surface area contributed by atoms with E-state index in [1.165, 1.54) is 0 Å². The molecule has 0 spiro atoms. The van der Waals surface area contributed by atoms with Gasteiger partial charge in [0.25, 0.3) is 0 Å². The summed E-state index contributed by atoms with van der Waals surface area (Å²) in [6.45, 7) is 5.67. The van der Waals surface area contributed by atoms with Crippen LogP contribution in [0.25, 0.3) is 0 Å². The number of benzene rings is 2. The molecule has 0 bridgehead atoms. The quantitative estimate of drug-likeness (QED) is 0.658.